The predicted molar refractivity (Wildman–Crippen MR) is 88.7 cm³/mol. The van der Waals surface area contributed by atoms with Crippen molar-refractivity contribution in [3.05, 3.63) is 45.4 Å². The molecule has 128 valence electrons. The largest absolute Gasteiger partial charge is 0.434 e. The van der Waals surface area contributed by atoms with Crippen molar-refractivity contribution >= 4 is 23.0 Å². The Balaban J connectivity index is 2.09. The molecule has 0 radical (unpaired) electrons. The average molecular weight is 353 g/mol. The van der Waals surface area contributed by atoms with Gasteiger partial charge in [0.1, 0.15) is 5.75 Å². The highest BCUT2D eigenvalue weighted by Crippen LogP contribution is 2.22. The fourth-order valence-electron chi connectivity index (χ4n) is 2.03. The molecule has 1 amide bonds. The van der Waals surface area contributed by atoms with Crippen LogP contribution in [0.5, 0.6) is 5.75 Å². The van der Waals surface area contributed by atoms with Crippen LogP contribution in [-0.4, -0.2) is 23.2 Å². The lowest BCUT2D eigenvalue weighted by molar-refractivity contribution is -0.120. The van der Waals surface area contributed by atoms with E-state index in [9.17, 15) is 13.6 Å². The summed E-state index contributed by atoms with van der Waals surface area (Å²) in [5.41, 5.74) is 4.72. The predicted octanol–water partition coefficient (Wildman–Crippen LogP) is 3.44. The van der Waals surface area contributed by atoms with Crippen molar-refractivity contribution in [2.45, 2.75) is 33.8 Å². The molecule has 0 bridgehead atoms. The highest BCUT2D eigenvalue weighted by atomic mass is 32.1. The average Bonchev–Trinajstić information content (AvgIpc) is 2.91. The zero-order chi connectivity index (χ0) is 17.7. The molecule has 0 aliphatic heterocycles. The summed E-state index contributed by atoms with van der Waals surface area (Å²) in [5.74, 6) is -0.315. The quantitative estimate of drug-likeness (QED) is 0.639. The van der Waals surface area contributed by atoms with Crippen LogP contribution in [0.3, 0.4) is 0 Å². The van der Waals surface area contributed by atoms with Gasteiger partial charge in [0, 0.05) is 10.9 Å². The van der Waals surface area contributed by atoms with Crippen LogP contribution >= 0.6 is 11.3 Å². The molecule has 8 heteroatoms. The lowest BCUT2D eigenvalue weighted by Gasteiger charge is -2.11. The van der Waals surface area contributed by atoms with E-state index >= 15 is 0 Å². The smallest absolute Gasteiger partial charge is 0.387 e. The number of nitrogens with one attached hydrogen (secondary N) is 1. The Labute approximate surface area is 142 Å². The fourth-order valence-corrected chi connectivity index (χ4v) is 2.64. The van der Waals surface area contributed by atoms with E-state index in [1.807, 2.05) is 13.8 Å². The van der Waals surface area contributed by atoms with Crippen molar-refractivity contribution in [3.8, 4) is 5.75 Å². The van der Waals surface area contributed by atoms with Crippen molar-refractivity contribution < 1.29 is 18.3 Å². The lowest BCUT2D eigenvalue weighted by atomic mass is 10.1. The molecule has 0 aliphatic rings. The van der Waals surface area contributed by atoms with Crippen molar-refractivity contribution in [3.63, 3.8) is 0 Å². The number of aryl methyl sites for hydroxylation is 2. The number of rotatable bonds is 6. The molecule has 24 heavy (non-hydrogen) atoms. The molecular weight excluding hydrogens is 336 g/mol. The van der Waals surface area contributed by atoms with Crippen LogP contribution in [0.4, 0.5) is 8.78 Å². The van der Waals surface area contributed by atoms with Gasteiger partial charge in [0.05, 0.1) is 22.8 Å². The van der Waals surface area contributed by atoms with Gasteiger partial charge >= 0.3 is 6.61 Å². The van der Waals surface area contributed by atoms with Gasteiger partial charge in [-0.3, -0.25) is 4.79 Å². The number of hydrogen-bond acceptors (Lipinski definition) is 5. The van der Waals surface area contributed by atoms with Gasteiger partial charge in [0.2, 0.25) is 5.91 Å². The zero-order valence-corrected chi connectivity index (χ0v) is 14.3. The standard InChI is InChI=1S/C16H17F2N3O2S/c1-9-4-5-14(23-16(17)18)13(6-9)10(2)20-21-15(22)7-12-8-24-11(3)19-12/h4-6,8,16H,7H2,1-3H3,(H,21,22)/b20-10-. The summed E-state index contributed by atoms with van der Waals surface area (Å²) in [5, 5.41) is 6.66. The van der Waals surface area contributed by atoms with Crippen LogP contribution in [0.2, 0.25) is 0 Å². The Hall–Kier alpha value is -2.35. The molecule has 1 aromatic heterocycles. The molecule has 0 saturated heterocycles. The minimum Gasteiger partial charge on any atom is -0.434 e. The Morgan fingerprint density at radius 2 is 2.17 bits per heavy atom. The van der Waals surface area contributed by atoms with Gasteiger partial charge in [0.15, 0.2) is 0 Å². The number of thiazole rings is 1. The summed E-state index contributed by atoms with van der Waals surface area (Å²) in [6.45, 7) is 2.37. The maximum absolute atomic E-state index is 12.5. The molecule has 0 fully saturated rings. The second-order valence-electron chi connectivity index (χ2n) is 5.14. The van der Waals surface area contributed by atoms with E-state index in [2.05, 4.69) is 20.2 Å². The maximum atomic E-state index is 12.5. The minimum absolute atomic E-state index is 0.0150. The first kappa shape index (κ1) is 18.0. The van der Waals surface area contributed by atoms with Crippen molar-refractivity contribution in [2.75, 3.05) is 0 Å². The number of nitrogens with zero attached hydrogens (tertiary/aromatic N) is 2. The first-order chi connectivity index (χ1) is 11.3. The number of alkyl halides is 2. The Morgan fingerprint density at radius 3 is 2.79 bits per heavy atom. The molecule has 0 saturated carbocycles. The summed E-state index contributed by atoms with van der Waals surface area (Å²) < 4.78 is 29.5. The second-order valence-corrected chi connectivity index (χ2v) is 6.21. The van der Waals surface area contributed by atoms with Gasteiger partial charge in [0.25, 0.3) is 0 Å². The summed E-state index contributed by atoms with van der Waals surface area (Å²) >= 11 is 1.46. The van der Waals surface area contributed by atoms with Crippen LogP contribution in [0.1, 0.15) is 28.8 Å². The number of hydrazone groups is 1. The summed E-state index contributed by atoms with van der Waals surface area (Å²) in [6, 6.07) is 4.79. The van der Waals surface area contributed by atoms with Gasteiger partial charge in [-0.1, -0.05) is 11.6 Å². The van der Waals surface area contributed by atoms with Gasteiger partial charge in [-0.05, 0) is 32.9 Å². The number of carbonyl (C=O) groups excluding carboxylic acids is 1. The van der Waals surface area contributed by atoms with E-state index in [0.29, 0.717) is 17.0 Å². The van der Waals surface area contributed by atoms with E-state index < -0.39 is 6.61 Å². The van der Waals surface area contributed by atoms with Crippen LogP contribution in [0.25, 0.3) is 0 Å². The molecule has 1 heterocycles. The number of ether oxygens (including phenoxy) is 1. The first-order valence-corrected chi connectivity index (χ1v) is 8.03. The van der Waals surface area contributed by atoms with Gasteiger partial charge in [-0.25, -0.2) is 10.4 Å². The third-order valence-corrected chi connectivity index (χ3v) is 3.92. The SMILES string of the molecule is C/C(=N/NC(=O)Cc1csc(C)n1)c1cc(C)ccc1OC(F)F. The second kappa shape index (κ2) is 7.96. The third-order valence-electron chi connectivity index (χ3n) is 3.10. The van der Waals surface area contributed by atoms with Crippen molar-refractivity contribution in [1.82, 2.24) is 10.4 Å². The van der Waals surface area contributed by atoms with Crippen LogP contribution < -0.4 is 10.2 Å². The van der Waals surface area contributed by atoms with Crippen LogP contribution in [-0.2, 0) is 11.2 Å². The molecule has 5 nitrogen and oxygen atoms in total. The summed E-state index contributed by atoms with van der Waals surface area (Å²) in [4.78, 5) is 16.1. The highest BCUT2D eigenvalue weighted by Gasteiger charge is 2.13. The number of aromatic nitrogens is 1. The Kier molecular flexibility index (Phi) is 5.97. The molecule has 2 rings (SSSR count). The number of hydrogen-bond donors (Lipinski definition) is 1. The number of benzene rings is 1. The molecular formula is C16H17F2N3O2S. The van der Waals surface area contributed by atoms with E-state index in [4.69, 9.17) is 0 Å². The molecule has 0 aliphatic carbocycles. The number of carbonyl (C=O) groups is 1. The minimum atomic E-state index is -2.93. The van der Waals surface area contributed by atoms with Crippen LogP contribution in [0.15, 0.2) is 28.7 Å². The number of amides is 1. The third kappa shape index (κ3) is 5.09. The summed E-state index contributed by atoms with van der Waals surface area (Å²) in [6.07, 6.45) is 0.106. The van der Waals surface area contributed by atoms with Gasteiger partial charge in [-0.2, -0.15) is 13.9 Å². The van der Waals surface area contributed by atoms with E-state index in [0.717, 1.165) is 10.6 Å². The number of halogens is 2. The monoisotopic (exact) mass is 353 g/mol. The molecule has 1 aromatic carbocycles. The first-order valence-electron chi connectivity index (χ1n) is 7.15. The van der Waals surface area contributed by atoms with E-state index in [1.165, 1.54) is 17.4 Å². The fraction of sp³-hybridized carbons (Fsp3) is 0.312. The van der Waals surface area contributed by atoms with E-state index in [-0.39, 0.29) is 18.1 Å². The molecule has 0 spiro atoms. The maximum Gasteiger partial charge on any atom is 0.387 e. The lowest BCUT2D eigenvalue weighted by Crippen LogP contribution is -2.21. The zero-order valence-electron chi connectivity index (χ0n) is 13.5. The molecule has 1 N–H and O–H groups in total. The Bertz CT molecular complexity index is 760. The molecule has 2 aromatic rings. The normalized spacial score (nSPS) is 11.7. The molecule has 0 atom stereocenters. The Morgan fingerprint density at radius 1 is 1.42 bits per heavy atom. The topological polar surface area (TPSA) is 63.6 Å². The van der Waals surface area contributed by atoms with Gasteiger partial charge in [-0.15, -0.1) is 11.3 Å². The van der Waals surface area contributed by atoms with Crippen molar-refractivity contribution in [2.24, 2.45) is 5.10 Å². The van der Waals surface area contributed by atoms with E-state index in [1.54, 1.807) is 24.4 Å². The van der Waals surface area contributed by atoms with Gasteiger partial charge < -0.3 is 4.74 Å². The van der Waals surface area contributed by atoms with Crippen LogP contribution in [0, 0.1) is 13.8 Å². The summed E-state index contributed by atoms with van der Waals surface area (Å²) in [7, 11) is 0. The van der Waals surface area contributed by atoms with Crippen molar-refractivity contribution in [1.29, 1.82) is 0 Å². The molecule has 0 unspecified atom stereocenters. The highest BCUT2D eigenvalue weighted by molar-refractivity contribution is 7.09.